The lowest BCUT2D eigenvalue weighted by molar-refractivity contribution is 0.390. The summed E-state index contributed by atoms with van der Waals surface area (Å²) in [6.07, 6.45) is 3.27. The number of rotatable bonds is 6. The number of aromatic amines is 1. The average molecular weight is 318 g/mol. The summed E-state index contributed by atoms with van der Waals surface area (Å²) >= 11 is 1.34. The van der Waals surface area contributed by atoms with Gasteiger partial charge in [-0.3, -0.25) is 4.79 Å². The standard InChI is InChI=1S/C14H14N4O3S/c1-2-4-9-7-11(19)16-14(15-9)22-8-12-17-13(18-21-12)10-5-3-6-20-10/h3,5-7H,2,4,8H2,1H3,(H,15,16,19). The largest absolute Gasteiger partial charge is 0.461 e. The van der Waals surface area contributed by atoms with Crippen molar-refractivity contribution in [3.8, 4) is 11.6 Å². The van der Waals surface area contributed by atoms with Crippen molar-refractivity contribution in [2.75, 3.05) is 0 Å². The second-order valence-corrected chi connectivity index (χ2v) is 5.53. The van der Waals surface area contributed by atoms with Gasteiger partial charge in [-0.25, -0.2) is 4.98 Å². The van der Waals surface area contributed by atoms with Crippen LogP contribution in [0.5, 0.6) is 0 Å². The minimum atomic E-state index is -0.150. The molecule has 7 nitrogen and oxygen atoms in total. The van der Waals surface area contributed by atoms with Crippen LogP contribution in [0.15, 0.2) is 43.4 Å². The van der Waals surface area contributed by atoms with Crippen LogP contribution >= 0.6 is 11.8 Å². The highest BCUT2D eigenvalue weighted by atomic mass is 32.2. The Morgan fingerprint density at radius 2 is 2.27 bits per heavy atom. The molecule has 3 heterocycles. The zero-order valence-corrected chi connectivity index (χ0v) is 12.7. The summed E-state index contributed by atoms with van der Waals surface area (Å²) in [5.74, 6) is 1.82. The Bertz CT molecular complexity index is 795. The predicted molar refractivity (Wildman–Crippen MR) is 80.4 cm³/mol. The molecular formula is C14H14N4O3S. The van der Waals surface area contributed by atoms with E-state index in [9.17, 15) is 4.79 Å². The fraction of sp³-hybridized carbons (Fsp3) is 0.286. The molecule has 8 heteroatoms. The van der Waals surface area contributed by atoms with Crippen LogP contribution < -0.4 is 5.56 Å². The highest BCUT2D eigenvalue weighted by molar-refractivity contribution is 7.98. The van der Waals surface area contributed by atoms with E-state index in [1.54, 1.807) is 18.4 Å². The lowest BCUT2D eigenvalue weighted by atomic mass is 10.2. The van der Waals surface area contributed by atoms with Crippen molar-refractivity contribution in [3.63, 3.8) is 0 Å². The van der Waals surface area contributed by atoms with E-state index in [0.717, 1.165) is 18.5 Å². The Kier molecular flexibility index (Phi) is 4.38. The smallest absolute Gasteiger partial charge is 0.251 e. The van der Waals surface area contributed by atoms with Gasteiger partial charge in [0.1, 0.15) is 0 Å². The molecular weight excluding hydrogens is 304 g/mol. The van der Waals surface area contributed by atoms with Gasteiger partial charge in [-0.2, -0.15) is 4.98 Å². The quantitative estimate of drug-likeness (QED) is 0.551. The first-order valence-electron chi connectivity index (χ1n) is 6.84. The van der Waals surface area contributed by atoms with Crippen LogP contribution in [-0.2, 0) is 12.2 Å². The Labute approximate surface area is 130 Å². The summed E-state index contributed by atoms with van der Waals surface area (Å²) in [6, 6.07) is 5.04. The second kappa shape index (κ2) is 6.61. The molecule has 22 heavy (non-hydrogen) atoms. The maximum atomic E-state index is 11.6. The molecule has 1 N–H and O–H groups in total. The summed E-state index contributed by atoms with van der Waals surface area (Å²) < 4.78 is 10.4. The lowest BCUT2D eigenvalue weighted by Crippen LogP contribution is -2.09. The van der Waals surface area contributed by atoms with Crippen molar-refractivity contribution >= 4 is 11.8 Å². The molecule has 0 atom stereocenters. The Morgan fingerprint density at radius 1 is 1.36 bits per heavy atom. The van der Waals surface area contributed by atoms with Crippen molar-refractivity contribution in [2.24, 2.45) is 0 Å². The summed E-state index contributed by atoms with van der Waals surface area (Å²) in [6.45, 7) is 2.05. The molecule has 0 bridgehead atoms. The number of hydrogen-bond acceptors (Lipinski definition) is 7. The number of H-pyrrole nitrogens is 1. The van der Waals surface area contributed by atoms with E-state index >= 15 is 0 Å². The third-order valence-corrected chi connectivity index (χ3v) is 3.68. The van der Waals surface area contributed by atoms with Gasteiger partial charge in [-0.1, -0.05) is 30.3 Å². The molecule has 0 saturated carbocycles. The van der Waals surface area contributed by atoms with Crippen LogP contribution in [0.4, 0.5) is 0 Å². The van der Waals surface area contributed by atoms with Crippen LogP contribution in [0.3, 0.4) is 0 Å². The van der Waals surface area contributed by atoms with Gasteiger partial charge in [-0.05, 0) is 18.6 Å². The average Bonchev–Trinajstić information content (AvgIpc) is 3.16. The first-order chi connectivity index (χ1) is 10.7. The third-order valence-electron chi connectivity index (χ3n) is 2.82. The Balaban J connectivity index is 1.69. The van der Waals surface area contributed by atoms with E-state index in [1.807, 2.05) is 6.92 Å². The van der Waals surface area contributed by atoms with Gasteiger partial charge in [0.05, 0.1) is 12.0 Å². The zero-order chi connectivity index (χ0) is 15.4. The van der Waals surface area contributed by atoms with E-state index in [2.05, 4.69) is 20.1 Å². The van der Waals surface area contributed by atoms with E-state index < -0.39 is 0 Å². The molecule has 0 spiro atoms. The van der Waals surface area contributed by atoms with Gasteiger partial charge >= 0.3 is 0 Å². The van der Waals surface area contributed by atoms with E-state index in [0.29, 0.717) is 28.4 Å². The fourth-order valence-corrected chi connectivity index (χ4v) is 2.62. The molecule has 0 saturated heterocycles. The van der Waals surface area contributed by atoms with Crippen molar-refractivity contribution in [1.82, 2.24) is 20.1 Å². The molecule has 0 radical (unpaired) electrons. The number of aryl methyl sites for hydroxylation is 1. The van der Waals surface area contributed by atoms with Crippen molar-refractivity contribution in [2.45, 2.75) is 30.7 Å². The SMILES string of the molecule is CCCc1cc(=O)[nH]c(SCc2nc(-c3ccco3)no2)n1. The molecule has 0 aliphatic rings. The van der Waals surface area contributed by atoms with E-state index in [-0.39, 0.29) is 5.56 Å². The third kappa shape index (κ3) is 3.45. The number of nitrogens with one attached hydrogen (secondary N) is 1. The van der Waals surface area contributed by atoms with Gasteiger partial charge in [0.15, 0.2) is 10.9 Å². The van der Waals surface area contributed by atoms with Crippen LogP contribution in [-0.4, -0.2) is 20.1 Å². The molecule has 3 aromatic rings. The first kappa shape index (κ1) is 14.6. The highest BCUT2D eigenvalue weighted by Crippen LogP contribution is 2.21. The molecule has 3 rings (SSSR count). The van der Waals surface area contributed by atoms with Gasteiger partial charge in [0.25, 0.3) is 5.56 Å². The van der Waals surface area contributed by atoms with Gasteiger partial charge in [0, 0.05) is 11.8 Å². The normalized spacial score (nSPS) is 11.0. The molecule has 3 aromatic heterocycles. The first-order valence-corrected chi connectivity index (χ1v) is 7.82. The maximum Gasteiger partial charge on any atom is 0.251 e. The van der Waals surface area contributed by atoms with Crippen LogP contribution in [0, 0.1) is 0 Å². The monoisotopic (exact) mass is 318 g/mol. The number of furan rings is 1. The summed E-state index contributed by atoms with van der Waals surface area (Å²) in [5, 5.41) is 4.40. The summed E-state index contributed by atoms with van der Waals surface area (Å²) in [7, 11) is 0. The Hall–Kier alpha value is -2.35. The molecule has 0 aliphatic carbocycles. The fourth-order valence-electron chi connectivity index (χ4n) is 1.89. The zero-order valence-electron chi connectivity index (χ0n) is 11.9. The molecule has 0 aliphatic heterocycles. The van der Waals surface area contributed by atoms with Gasteiger partial charge < -0.3 is 13.9 Å². The van der Waals surface area contributed by atoms with E-state index in [1.165, 1.54) is 17.8 Å². The van der Waals surface area contributed by atoms with E-state index in [4.69, 9.17) is 8.94 Å². The highest BCUT2D eigenvalue weighted by Gasteiger charge is 2.11. The van der Waals surface area contributed by atoms with Gasteiger partial charge in [-0.15, -0.1) is 0 Å². The van der Waals surface area contributed by atoms with Crippen molar-refractivity contribution in [1.29, 1.82) is 0 Å². The minimum Gasteiger partial charge on any atom is -0.461 e. The summed E-state index contributed by atoms with van der Waals surface area (Å²) in [5.41, 5.74) is 0.637. The summed E-state index contributed by atoms with van der Waals surface area (Å²) in [4.78, 5) is 22.9. The minimum absolute atomic E-state index is 0.150. The Morgan fingerprint density at radius 3 is 3.05 bits per heavy atom. The molecule has 0 fully saturated rings. The predicted octanol–water partition coefficient (Wildman–Crippen LogP) is 2.66. The molecule has 0 aromatic carbocycles. The number of nitrogens with zero attached hydrogens (tertiary/aromatic N) is 3. The maximum absolute atomic E-state index is 11.6. The second-order valence-electron chi connectivity index (χ2n) is 4.57. The molecule has 0 unspecified atom stereocenters. The topological polar surface area (TPSA) is 97.8 Å². The van der Waals surface area contributed by atoms with Crippen LogP contribution in [0.2, 0.25) is 0 Å². The number of aromatic nitrogens is 4. The van der Waals surface area contributed by atoms with Gasteiger partial charge in [0.2, 0.25) is 11.7 Å². The molecule has 114 valence electrons. The van der Waals surface area contributed by atoms with Crippen molar-refractivity contribution < 1.29 is 8.94 Å². The van der Waals surface area contributed by atoms with Crippen LogP contribution in [0.25, 0.3) is 11.6 Å². The number of hydrogen-bond donors (Lipinski definition) is 1. The number of thioether (sulfide) groups is 1. The lowest BCUT2D eigenvalue weighted by Gasteiger charge is -2.01. The van der Waals surface area contributed by atoms with Crippen LogP contribution in [0.1, 0.15) is 24.9 Å². The van der Waals surface area contributed by atoms with Crippen molar-refractivity contribution in [3.05, 3.63) is 46.4 Å². The molecule has 0 amide bonds.